The van der Waals surface area contributed by atoms with Gasteiger partial charge in [-0.15, -0.1) is 0 Å². The fourth-order valence-electron chi connectivity index (χ4n) is 4.92. The lowest BCUT2D eigenvalue weighted by molar-refractivity contribution is -0.136. The molecule has 2 aliphatic heterocycles. The van der Waals surface area contributed by atoms with Gasteiger partial charge in [-0.2, -0.15) is 0 Å². The van der Waals surface area contributed by atoms with E-state index in [1.54, 1.807) is 12.1 Å². The van der Waals surface area contributed by atoms with Crippen LogP contribution in [0.4, 0.5) is 10.1 Å². The van der Waals surface area contributed by atoms with E-state index >= 15 is 0 Å². The lowest BCUT2D eigenvalue weighted by atomic mass is 9.79. The number of halogens is 1. The number of ether oxygens (including phenoxy) is 1. The summed E-state index contributed by atoms with van der Waals surface area (Å²) in [6.07, 6.45) is 0. The van der Waals surface area contributed by atoms with Crippen molar-refractivity contribution in [2.75, 3.05) is 11.5 Å². The topological polar surface area (TPSA) is 46.6 Å². The monoisotopic (exact) mass is 423 g/mol. The van der Waals surface area contributed by atoms with Gasteiger partial charge in [0.15, 0.2) is 5.78 Å². The van der Waals surface area contributed by atoms with Gasteiger partial charge in [0.05, 0.1) is 17.0 Å². The van der Waals surface area contributed by atoms with E-state index in [0.717, 1.165) is 28.2 Å². The Morgan fingerprint density at radius 1 is 0.875 bits per heavy atom. The van der Waals surface area contributed by atoms with Gasteiger partial charge in [-0.05, 0) is 36.8 Å². The Bertz CT molecular complexity index is 1370. The van der Waals surface area contributed by atoms with Crippen LogP contribution in [-0.4, -0.2) is 18.4 Å². The zero-order valence-corrected chi connectivity index (χ0v) is 17.3. The van der Waals surface area contributed by atoms with E-state index in [0.29, 0.717) is 22.3 Å². The van der Waals surface area contributed by atoms with Gasteiger partial charge in [0.1, 0.15) is 12.4 Å². The molecule has 3 aromatic rings. The Balaban J connectivity index is 1.67. The van der Waals surface area contributed by atoms with E-state index < -0.39 is 11.9 Å². The van der Waals surface area contributed by atoms with Crippen molar-refractivity contribution in [3.8, 4) is 0 Å². The highest BCUT2D eigenvalue weighted by atomic mass is 19.1. The van der Waals surface area contributed by atoms with Crippen molar-refractivity contribution < 1.29 is 18.7 Å². The first-order chi connectivity index (χ1) is 15.5. The van der Waals surface area contributed by atoms with Crippen molar-refractivity contribution in [1.29, 1.82) is 0 Å². The number of hydrogen-bond donors (Lipinski definition) is 0. The number of carbonyl (C=O) groups is 2. The molecule has 0 N–H and O–H groups in total. The lowest BCUT2D eigenvalue weighted by Gasteiger charge is -2.35. The van der Waals surface area contributed by atoms with Gasteiger partial charge < -0.3 is 9.64 Å². The standard InChI is InChI=1S/C27H18FNO3/c1-15-6-12-18(13-7-15)29-21-14-32-27(31)23(21)22(16-8-10-17(28)11-9-16)24-25(29)19-4-2-3-5-20(19)26(24)30/h2-13,22H,14H2,1H3. The first kappa shape index (κ1) is 18.8. The third-order valence-corrected chi connectivity index (χ3v) is 6.36. The first-order valence-corrected chi connectivity index (χ1v) is 10.5. The number of cyclic esters (lactones) is 1. The lowest BCUT2D eigenvalue weighted by Crippen LogP contribution is -2.30. The highest BCUT2D eigenvalue weighted by Gasteiger charge is 2.49. The molecular weight excluding hydrogens is 405 g/mol. The second-order valence-electron chi connectivity index (χ2n) is 8.23. The number of fused-ring (bicyclic) bond motifs is 2. The summed E-state index contributed by atoms with van der Waals surface area (Å²) in [5.74, 6) is -1.54. The van der Waals surface area contributed by atoms with Gasteiger partial charge in [-0.3, -0.25) is 4.79 Å². The van der Waals surface area contributed by atoms with Crippen LogP contribution in [0.2, 0.25) is 0 Å². The summed E-state index contributed by atoms with van der Waals surface area (Å²) in [6.45, 7) is 2.13. The molecule has 0 bridgehead atoms. The maximum atomic E-state index is 13.7. The Labute approximate surface area is 184 Å². The molecule has 4 nitrogen and oxygen atoms in total. The van der Waals surface area contributed by atoms with Crippen LogP contribution < -0.4 is 4.90 Å². The van der Waals surface area contributed by atoms with Gasteiger partial charge in [0.25, 0.3) is 0 Å². The maximum Gasteiger partial charge on any atom is 0.337 e. The normalized spacial score (nSPS) is 19.2. The smallest absolute Gasteiger partial charge is 0.337 e. The molecule has 0 radical (unpaired) electrons. The van der Waals surface area contributed by atoms with E-state index in [1.165, 1.54) is 12.1 Å². The fraction of sp³-hybridized carbons (Fsp3) is 0.111. The molecule has 3 aliphatic rings. The van der Waals surface area contributed by atoms with Crippen LogP contribution in [0.25, 0.3) is 5.70 Å². The summed E-state index contributed by atoms with van der Waals surface area (Å²) in [5, 5.41) is 0. The molecule has 6 rings (SSSR count). The molecule has 32 heavy (non-hydrogen) atoms. The third-order valence-electron chi connectivity index (χ3n) is 6.36. The molecule has 1 aliphatic carbocycles. The zero-order chi connectivity index (χ0) is 22.0. The van der Waals surface area contributed by atoms with Gasteiger partial charge in [0, 0.05) is 28.3 Å². The quantitative estimate of drug-likeness (QED) is 0.535. The molecule has 0 saturated carbocycles. The number of allylic oxidation sites excluding steroid dienone is 1. The minimum Gasteiger partial charge on any atom is -0.456 e. The van der Waals surface area contributed by atoms with E-state index in [2.05, 4.69) is 0 Å². The van der Waals surface area contributed by atoms with Gasteiger partial charge >= 0.3 is 5.97 Å². The Kier molecular flexibility index (Phi) is 3.96. The number of Topliss-reactive ketones (excluding diaryl/α,β-unsaturated/α-hetero) is 1. The molecule has 0 aromatic heterocycles. The number of nitrogens with zero attached hydrogens (tertiary/aromatic N) is 1. The van der Waals surface area contributed by atoms with Gasteiger partial charge in [0.2, 0.25) is 0 Å². The Morgan fingerprint density at radius 3 is 2.28 bits per heavy atom. The van der Waals surface area contributed by atoms with E-state index in [9.17, 15) is 14.0 Å². The van der Waals surface area contributed by atoms with Gasteiger partial charge in [-0.25, -0.2) is 9.18 Å². The number of benzene rings is 3. The Morgan fingerprint density at radius 2 is 1.56 bits per heavy atom. The molecule has 1 unspecified atom stereocenters. The molecule has 0 fully saturated rings. The summed E-state index contributed by atoms with van der Waals surface area (Å²) < 4.78 is 19.2. The summed E-state index contributed by atoms with van der Waals surface area (Å²) in [4.78, 5) is 28.6. The SMILES string of the molecule is Cc1ccc(N2C3=C(C(=O)OC3)C(c3ccc(F)cc3)C3=C2c2ccccc2C3=O)cc1. The second kappa shape index (κ2) is 6.76. The van der Waals surface area contributed by atoms with Crippen LogP contribution in [0.3, 0.4) is 0 Å². The number of rotatable bonds is 2. The van der Waals surface area contributed by atoms with Crippen molar-refractivity contribution in [2.45, 2.75) is 12.8 Å². The summed E-state index contributed by atoms with van der Waals surface area (Å²) in [7, 11) is 0. The average Bonchev–Trinajstić information content (AvgIpc) is 3.33. The minimum atomic E-state index is -0.614. The largest absolute Gasteiger partial charge is 0.456 e. The molecule has 0 spiro atoms. The van der Waals surface area contributed by atoms with Crippen LogP contribution >= 0.6 is 0 Å². The van der Waals surface area contributed by atoms with Crippen molar-refractivity contribution in [2.24, 2.45) is 0 Å². The third kappa shape index (κ3) is 2.54. The molecule has 0 saturated heterocycles. The maximum absolute atomic E-state index is 13.7. The second-order valence-corrected chi connectivity index (χ2v) is 8.23. The first-order valence-electron chi connectivity index (χ1n) is 10.5. The Hall–Kier alpha value is -3.99. The molecule has 3 aromatic carbocycles. The highest BCUT2D eigenvalue weighted by Crippen LogP contribution is 2.53. The zero-order valence-electron chi connectivity index (χ0n) is 17.3. The number of ketones is 1. The van der Waals surface area contributed by atoms with Gasteiger partial charge in [-0.1, -0.05) is 54.1 Å². The molecule has 5 heteroatoms. The van der Waals surface area contributed by atoms with E-state index in [4.69, 9.17) is 4.74 Å². The minimum absolute atomic E-state index is 0.117. The number of anilines is 1. The average molecular weight is 423 g/mol. The van der Waals surface area contributed by atoms with Crippen LogP contribution in [0, 0.1) is 12.7 Å². The van der Waals surface area contributed by atoms with E-state index in [1.807, 2.05) is 60.4 Å². The number of hydrogen-bond acceptors (Lipinski definition) is 4. The molecule has 1 atom stereocenters. The number of carbonyl (C=O) groups excluding carboxylic acids is 2. The van der Waals surface area contributed by atoms with Crippen molar-refractivity contribution in [1.82, 2.24) is 0 Å². The summed E-state index contributed by atoms with van der Waals surface area (Å²) in [6, 6.07) is 21.5. The fourth-order valence-corrected chi connectivity index (χ4v) is 4.92. The van der Waals surface area contributed by atoms with Crippen LogP contribution in [0.5, 0.6) is 0 Å². The number of esters is 1. The molecular formula is C27H18FNO3. The van der Waals surface area contributed by atoms with E-state index in [-0.39, 0.29) is 18.2 Å². The molecule has 2 heterocycles. The van der Waals surface area contributed by atoms with Crippen LogP contribution in [0.1, 0.15) is 33.0 Å². The van der Waals surface area contributed by atoms with Crippen LogP contribution in [-0.2, 0) is 9.53 Å². The number of aryl methyl sites for hydroxylation is 1. The molecule has 156 valence electrons. The van der Waals surface area contributed by atoms with Crippen molar-refractivity contribution >= 4 is 23.1 Å². The highest BCUT2D eigenvalue weighted by molar-refractivity contribution is 6.25. The summed E-state index contributed by atoms with van der Waals surface area (Å²) in [5.41, 5.74) is 6.54. The predicted molar refractivity (Wildman–Crippen MR) is 118 cm³/mol. The molecule has 0 amide bonds. The van der Waals surface area contributed by atoms with Crippen LogP contribution in [0.15, 0.2) is 89.6 Å². The van der Waals surface area contributed by atoms with Crippen molar-refractivity contribution in [3.05, 3.63) is 118 Å². The summed E-state index contributed by atoms with van der Waals surface area (Å²) >= 11 is 0. The predicted octanol–water partition coefficient (Wildman–Crippen LogP) is 5.16. The van der Waals surface area contributed by atoms with Crippen molar-refractivity contribution in [3.63, 3.8) is 0 Å².